The fourth-order valence-electron chi connectivity index (χ4n) is 1.10. The number of aryl methyl sites for hydroxylation is 1. The molecule has 0 aliphatic carbocycles. The molecule has 14 heavy (non-hydrogen) atoms. The van der Waals surface area contributed by atoms with E-state index >= 15 is 0 Å². The first-order valence-electron chi connectivity index (χ1n) is 4.94. The molecule has 78 valence electrons. The van der Waals surface area contributed by atoms with Gasteiger partial charge in [0.25, 0.3) is 0 Å². The van der Waals surface area contributed by atoms with Gasteiger partial charge in [0.05, 0.1) is 6.04 Å². The van der Waals surface area contributed by atoms with Crippen LogP contribution in [0.2, 0.25) is 0 Å². The average molecular weight is 194 g/mol. The van der Waals surface area contributed by atoms with Crippen LogP contribution < -0.4 is 5.32 Å². The summed E-state index contributed by atoms with van der Waals surface area (Å²) in [6, 6.07) is 0.175. The molecule has 0 aliphatic heterocycles. The Labute approximate surface area is 85.2 Å². The summed E-state index contributed by atoms with van der Waals surface area (Å²) >= 11 is 0. The normalized spacial score (nSPS) is 13.3. The van der Waals surface area contributed by atoms with Gasteiger partial charge < -0.3 is 5.32 Å². The molecule has 1 rings (SSSR count). The lowest BCUT2D eigenvalue weighted by Crippen LogP contribution is -2.18. The van der Waals surface area contributed by atoms with Crippen LogP contribution in [0.1, 0.15) is 50.2 Å². The van der Waals surface area contributed by atoms with Gasteiger partial charge in [0.1, 0.15) is 17.5 Å². The molecule has 0 radical (unpaired) electrons. The summed E-state index contributed by atoms with van der Waals surface area (Å²) in [5.74, 6) is 2.83. The van der Waals surface area contributed by atoms with Crippen LogP contribution in [-0.4, -0.2) is 22.0 Å². The summed E-state index contributed by atoms with van der Waals surface area (Å²) in [6.07, 6.45) is 0. The van der Waals surface area contributed by atoms with Crippen molar-refractivity contribution in [1.82, 2.24) is 20.3 Å². The van der Waals surface area contributed by atoms with E-state index in [1.807, 2.05) is 20.9 Å². The molecule has 0 aromatic carbocycles. The molecule has 0 spiro atoms. The molecule has 0 amide bonds. The predicted octanol–water partition coefficient (Wildman–Crippen LogP) is 1.58. The molecule has 0 aliphatic rings. The second kappa shape index (κ2) is 4.46. The molecular weight excluding hydrogens is 176 g/mol. The van der Waals surface area contributed by atoms with Crippen molar-refractivity contribution in [3.8, 4) is 0 Å². The largest absolute Gasteiger partial charge is 0.311 e. The summed E-state index contributed by atoms with van der Waals surface area (Å²) in [6.45, 7) is 8.11. The number of nitrogens with one attached hydrogen (secondary N) is 1. The third kappa shape index (κ3) is 2.48. The number of rotatable bonds is 3. The van der Waals surface area contributed by atoms with E-state index in [-0.39, 0.29) is 6.04 Å². The van der Waals surface area contributed by atoms with E-state index in [4.69, 9.17) is 0 Å². The lowest BCUT2D eigenvalue weighted by atomic mass is 10.2. The highest BCUT2D eigenvalue weighted by Gasteiger charge is 2.11. The van der Waals surface area contributed by atoms with E-state index in [9.17, 15) is 0 Å². The quantitative estimate of drug-likeness (QED) is 0.793. The van der Waals surface area contributed by atoms with E-state index in [1.165, 1.54) is 0 Å². The topological polar surface area (TPSA) is 50.7 Å². The van der Waals surface area contributed by atoms with Gasteiger partial charge in [-0.25, -0.2) is 15.0 Å². The Morgan fingerprint density at radius 3 is 2.07 bits per heavy atom. The number of hydrogen-bond donors (Lipinski definition) is 1. The molecular formula is C10H18N4. The van der Waals surface area contributed by atoms with Crippen molar-refractivity contribution < 1.29 is 0 Å². The molecule has 0 bridgehead atoms. The van der Waals surface area contributed by atoms with Crippen molar-refractivity contribution in [3.63, 3.8) is 0 Å². The minimum atomic E-state index is 0.175. The lowest BCUT2D eigenvalue weighted by Gasteiger charge is -2.11. The minimum absolute atomic E-state index is 0.175. The number of nitrogens with zero attached hydrogens (tertiary/aromatic N) is 3. The van der Waals surface area contributed by atoms with Gasteiger partial charge >= 0.3 is 0 Å². The Bertz CT molecular complexity index is 309. The Balaban J connectivity index is 3.07. The van der Waals surface area contributed by atoms with Crippen molar-refractivity contribution >= 4 is 0 Å². The van der Waals surface area contributed by atoms with Crippen LogP contribution in [0.3, 0.4) is 0 Å². The van der Waals surface area contributed by atoms with Crippen molar-refractivity contribution in [2.45, 2.75) is 39.7 Å². The highest BCUT2D eigenvalue weighted by atomic mass is 15.1. The van der Waals surface area contributed by atoms with Crippen molar-refractivity contribution in [2.24, 2.45) is 0 Å². The summed E-state index contributed by atoms with van der Waals surface area (Å²) < 4.78 is 0. The van der Waals surface area contributed by atoms with Crippen LogP contribution in [-0.2, 0) is 0 Å². The van der Waals surface area contributed by atoms with Crippen LogP contribution in [0.15, 0.2) is 0 Å². The van der Waals surface area contributed by atoms with Gasteiger partial charge in [0.15, 0.2) is 0 Å². The molecule has 1 atom stereocenters. The summed E-state index contributed by atoms with van der Waals surface area (Å²) in [5.41, 5.74) is 0. The summed E-state index contributed by atoms with van der Waals surface area (Å²) in [7, 11) is 1.90. The Hall–Kier alpha value is -1.03. The van der Waals surface area contributed by atoms with Crippen molar-refractivity contribution in [3.05, 3.63) is 17.5 Å². The minimum Gasteiger partial charge on any atom is -0.311 e. The van der Waals surface area contributed by atoms with Crippen molar-refractivity contribution in [2.75, 3.05) is 7.05 Å². The van der Waals surface area contributed by atoms with E-state index in [1.54, 1.807) is 0 Å². The molecule has 1 N–H and O–H groups in total. The van der Waals surface area contributed by atoms with E-state index in [0.29, 0.717) is 5.92 Å². The third-order valence-electron chi connectivity index (χ3n) is 2.12. The molecule has 1 unspecified atom stereocenters. The number of aromatic nitrogens is 3. The highest BCUT2D eigenvalue weighted by molar-refractivity contribution is 5.02. The molecule has 4 heteroatoms. The standard InChI is InChI=1S/C10H18N4/c1-6(2)9-12-8(4)13-10(14-9)7(3)11-5/h6-7,11H,1-5H3. The molecule has 1 aromatic heterocycles. The molecule has 4 nitrogen and oxygen atoms in total. The monoisotopic (exact) mass is 194 g/mol. The zero-order valence-electron chi connectivity index (χ0n) is 9.50. The maximum Gasteiger partial charge on any atom is 0.149 e. The molecule has 0 fully saturated rings. The van der Waals surface area contributed by atoms with E-state index < -0.39 is 0 Å². The highest BCUT2D eigenvalue weighted by Crippen LogP contribution is 2.12. The zero-order chi connectivity index (χ0) is 10.7. The smallest absolute Gasteiger partial charge is 0.149 e. The second-order valence-corrected chi connectivity index (χ2v) is 3.76. The first-order chi connectivity index (χ1) is 6.54. The van der Waals surface area contributed by atoms with Gasteiger partial charge in [-0.3, -0.25) is 0 Å². The van der Waals surface area contributed by atoms with Gasteiger partial charge in [-0.1, -0.05) is 13.8 Å². The second-order valence-electron chi connectivity index (χ2n) is 3.76. The molecule has 1 aromatic rings. The van der Waals surface area contributed by atoms with E-state index in [2.05, 4.69) is 34.1 Å². The van der Waals surface area contributed by atoms with Crippen LogP contribution in [0.5, 0.6) is 0 Å². The molecule has 0 saturated heterocycles. The van der Waals surface area contributed by atoms with Crippen LogP contribution in [0, 0.1) is 6.92 Å². The van der Waals surface area contributed by atoms with E-state index in [0.717, 1.165) is 17.5 Å². The Morgan fingerprint density at radius 1 is 1.00 bits per heavy atom. The van der Waals surface area contributed by atoms with Gasteiger partial charge in [-0.05, 0) is 20.9 Å². The van der Waals surface area contributed by atoms with Crippen LogP contribution in [0.4, 0.5) is 0 Å². The number of hydrogen-bond acceptors (Lipinski definition) is 4. The maximum absolute atomic E-state index is 4.42. The van der Waals surface area contributed by atoms with Crippen molar-refractivity contribution in [1.29, 1.82) is 0 Å². The lowest BCUT2D eigenvalue weighted by molar-refractivity contribution is 0.586. The summed E-state index contributed by atoms with van der Waals surface area (Å²) in [5, 5.41) is 3.12. The fourth-order valence-corrected chi connectivity index (χ4v) is 1.10. The van der Waals surface area contributed by atoms with Gasteiger partial charge in [-0.15, -0.1) is 0 Å². The average Bonchev–Trinajstić information content (AvgIpc) is 2.15. The Kier molecular flexibility index (Phi) is 3.52. The SMILES string of the molecule is CNC(C)c1nc(C)nc(C(C)C)n1. The maximum atomic E-state index is 4.42. The van der Waals surface area contributed by atoms with Gasteiger partial charge in [0, 0.05) is 5.92 Å². The van der Waals surface area contributed by atoms with Crippen LogP contribution >= 0.6 is 0 Å². The third-order valence-corrected chi connectivity index (χ3v) is 2.12. The Morgan fingerprint density at radius 2 is 1.57 bits per heavy atom. The van der Waals surface area contributed by atoms with Gasteiger partial charge in [-0.2, -0.15) is 0 Å². The molecule has 1 heterocycles. The first kappa shape index (κ1) is 11.0. The first-order valence-corrected chi connectivity index (χ1v) is 4.94. The zero-order valence-corrected chi connectivity index (χ0v) is 9.50. The molecule has 0 saturated carbocycles. The summed E-state index contributed by atoms with van der Waals surface area (Å²) in [4.78, 5) is 13.0. The predicted molar refractivity (Wildman–Crippen MR) is 56.1 cm³/mol. The van der Waals surface area contributed by atoms with Gasteiger partial charge in [0.2, 0.25) is 0 Å². The fraction of sp³-hybridized carbons (Fsp3) is 0.700. The van der Waals surface area contributed by atoms with Crippen LogP contribution in [0.25, 0.3) is 0 Å².